The van der Waals surface area contributed by atoms with Gasteiger partial charge in [-0.2, -0.15) is 35.5 Å². The molecular formula is C36H30N6O10S3. The number of aryl methyl sites for hydroxylation is 3. The summed E-state index contributed by atoms with van der Waals surface area (Å²) in [5, 5.41) is 22.4. The van der Waals surface area contributed by atoms with Gasteiger partial charge in [-0.25, -0.2) is 4.79 Å². The molecule has 282 valence electrons. The second kappa shape index (κ2) is 14.7. The number of anilines is 2. The van der Waals surface area contributed by atoms with Crippen LogP contribution < -0.4 is 10.6 Å². The summed E-state index contributed by atoms with van der Waals surface area (Å²) in [6.45, 7) is 5.20. The van der Waals surface area contributed by atoms with Crippen LogP contribution in [0, 0.1) is 20.8 Å². The summed E-state index contributed by atoms with van der Waals surface area (Å²) >= 11 is 0. The number of nitrogens with zero attached hydrogens (tertiary/aromatic N) is 4. The first-order chi connectivity index (χ1) is 25.8. The maximum atomic E-state index is 12.9. The molecule has 0 fully saturated rings. The van der Waals surface area contributed by atoms with E-state index in [1.165, 1.54) is 36.4 Å². The van der Waals surface area contributed by atoms with E-state index >= 15 is 0 Å². The van der Waals surface area contributed by atoms with Crippen LogP contribution in [0.1, 0.15) is 16.7 Å². The molecule has 0 heterocycles. The molecule has 0 aliphatic rings. The number of fused-ring (bicyclic) bond motifs is 2. The molecule has 0 saturated heterocycles. The molecule has 6 aromatic rings. The lowest BCUT2D eigenvalue weighted by atomic mass is 10.1. The molecule has 19 heteroatoms. The largest absolute Gasteiger partial charge is 0.323 e. The average molecular weight is 803 g/mol. The summed E-state index contributed by atoms with van der Waals surface area (Å²) in [5.41, 5.74) is 3.05. The van der Waals surface area contributed by atoms with Crippen molar-refractivity contribution >= 4 is 92.1 Å². The van der Waals surface area contributed by atoms with Crippen LogP contribution in [0.3, 0.4) is 0 Å². The summed E-state index contributed by atoms with van der Waals surface area (Å²) in [5.74, 6) is 0. The van der Waals surface area contributed by atoms with Gasteiger partial charge >= 0.3 is 6.03 Å². The van der Waals surface area contributed by atoms with Crippen LogP contribution in [-0.2, 0) is 30.4 Å². The minimum Gasteiger partial charge on any atom is -0.308 e. The molecule has 2 amide bonds. The monoisotopic (exact) mass is 802 g/mol. The van der Waals surface area contributed by atoms with Crippen LogP contribution in [-0.4, -0.2) is 44.9 Å². The predicted molar refractivity (Wildman–Crippen MR) is 205 cm³/mol. The van der Waals surface area contributed by atoms with Crippen LogP contribution in [0.15, 0.2) is 132 Å². The number of carbonyl (C=O) groups is 1. The Labute approximate surface area is 314 Å². The maximum Gasteiger partial charge on any atom is 0.323 e. The Hall–Kier alpha value is -5.96. The minimum atomic E-state index is -4.94. The number of amides is 2. The molecular weight excluding hydrogens is 773 g/mol. The van der Waals surface area contributed by atoms with E-state index in [2.05, 4.69) is 31.1 Å². The Morgan fingerprint density at radius 2 is 0.891 bits per heavy atom. The van der Waals surface area contributed by atoms with Crippen molar-refractivity contribution < 1.29 is 43.7 Å². The normalized spacial score (nSPS) is 12.5. The molecule has 55 heavy (non-hydrogen) atoms. The first-order valence-corrected chi connectivity index (χ1v) is 20.3. The lowest BCUT2D eigenvalue weighted by molar-refractivity contribution is 0.262. The highest BCUT2D eigenvalue weighted by Crippen LogP contribution is 2.38. The van der Waals surface area contributed by atoms with E-state index in [-0.39, 0.29) is 32.7 Å². The van der Waals surface area contributed by atoms with Crippen molar-refractivity contribution in [3.8, 4) is 0 Å². The topological polar surface area (TPSA) is 254 Å². The van der Waals surface area contributed by atoms with Crippen molar-refractivity contribution in [3.05, 3.63) is 114 Å². The molecule has 6 rings (SSSR count). The van der Waals surface area contributed by atoms with Gasteiger partial charge in [0.15, 0.2) is 0 Å². The Bertz CT molecular complexity index is 2970. The number of benzene rings is 6. The first kappa shape index (κ1) is 38.8. The van der Waals surface area contributed by atoms with E-state index in [0.717, 1.165) is 17.7 Å². The smallest absolute Gasteiger partial charge is 0.308 e. The number of nitrogens with one attached hydrogen (secondary N) is 2. The molecule has 16 nitrogen and oxygen atoms in total. The van der Waals surface area contributed by atoms with E-state index in [1.54, 1.807) is 56.3 Å². The van der Waals surface area contributed by atoms with Gasteiger partial charge in [-0.3, -0.25) is 13.7 Å². The van der Waals surface area contributed by atoms with E-state index in [4.69, 9.17) is 0 Å². The summed E-state index contributed by atoms with van der Waals surface area (Å²) in [7, 11) is -14.3. The number of azo groups is 2. The van der Waals surface area contributed by atoms with Gasteiger partial charge in [0, 0.05) is 27.5 Å². The van der Waals surface area contributed by atoms with Crippen molar-refractivity contribution in [2.45, 2.75) is 35.5 Å². The van der Waals surface area contributed by atoms with Crippen LogP contribution in [0.5, 0.6) is 0 Å². The van der Waals surface area contributed by atoms with E-state index in [0.29, 0.717) is 39.0 Å². The number of hydrogen-bond donors (Lipinski definition) is 5. The van der Waals surface area contributed by atoms with E-state index < -0.39 is 46.2 Å². The van der Waals surface area contributed by atoms with Crippen LogP contribution in [0.4, 0.5) is 38.9 Å². The zero-order valence-electron chi connectivity index (χ0n) is 29.0. The lowest BCUT2D eigenvalue weighted by Gasteiger charge is -2.11. The van der Waals surface area contributed by atoms with E-state index in [9.17, 15) is 43.7 Å². The number of urea groups is 1. The molecule has 5 N–H and O–H groups in total. The SMILES string of the molecule is Cc1cc(NC(=O)Nc2ccc(N=Nc3ccc4c(S(=O)(=O)O)cccc4c3S(=O)(=O)O)c(C)c2)ccc1N=Nc1ccc2c(C)cccc2c1S(=O)(=O)O. The van der Waals surface area contributed by atoms with E-state index in [1.807, 2.05) is 13.0 Å². The fourth-order valence-corrected chi connectivity index (χ4v) is 8.25. The summed E-state index contributed by atoms with van der Waals surface area (Å²) in [6, 6.07) is 23.0. The van der Waals surface area contributed by atoms with Gasteiger partial charge in [-0.05, 0) is 97.4 Å². The third-order valence-electron chi connectivity index (χ3n) is 8.39. The number of rotatable bonds is 9. The standard InChI is InChI=1S/C36H30N6O10S3/c1-20-6-4-7-27-25(20)12-16-31(34(27)54(47,48)49)41-39-29-14-10-23(18-21(29)2)37-36(43)38-24-11-15-30(22(3)19-24)40-42-32-17-13-26-28(35(32)55(50,51)52)8-5-9-33(26)53(44,45)46/h4-19H,1-3H3,(H2,37,38,43)(H,44,45,46)(H,47,48,49)(H,50,51,52). The van der Waals surface area contributed by atoms with Gasteiger partial charge in [0.05, 0.1) is 11.4 Å². The fraction of sp³-hybridized carbons (Fsp3) is 0.0833. The van der Waals surface area contributed by atoms with Gasteiger partial charge in [-0.15, -0.1) is 10.2 Å². The zero-order valence-corrected chi connectivity index (χ0v) is 31.4. The zero-order chi connectivity index (χ0) is 39.9. The van der Waals surface area contributed by atoms with Crippen molar-refractivity contribution in [3.63, 3.8) is 0 Å². The average Bonchev–Trinajstić information content (AvgIpc) is 3.08. The molecule has 0 saturated carbocycles. The van der Waals surface area contributed by atoms with Gasteiger partial charge in [-0.1, -0.05) is 42.5 Å². The van der Waals surface area contributed by atoms with Crippen molar-refractivity contribution in [1.82, 2.24) is 0 Å². The third kappa shape index (κ3) is 8.41. The Kier molecular flexibility index (Phi) is 10.4. The van der Waals surface area contributed by atoms with Crippen LogP contribution >= 0.6 is 0 Å². The molecule has 0 bridgehead atoms. The van der Waals surface area contributed by atoms with Gasteiger partial charge < -0.3 is 10.6 Å². The maximum absolute atomic E-state index is 12.9. The predicted octanol–water partition coefficient (Wildman–Crippen LogP) is 9.13. The number of carbonyl (C=O) groups excluding carboxylic acids is 1. The third-order valence-corrected chi connectivity index (χ3v) is 11.2. The van der Waals surface area contributed by atoms with Gasteiger partial charge in [0.25, 0.3) is 30.4 Å². The second-order valence-corrected chi connectivity index (χ2v) is 16.4. The highest BCUT2D eigenvalue weighted by Gasteiger charge is 2.24. The molecule has 0 aliphatic heterocycles. The Morgan fingerprint density at radius 3 is 1.35 bits per heavy atom. The molecule has 0 aliphatic carbocycles. The molecule has 0 unspecified atom stereocenters. The highest BCUT2D eigenvalue weighted by molar-refractivity contribution is 7.86. The van der Waals surface area contributed by atoms with Crippen LogP contribution in [0.2, 0.25) is 0 Å². The first-order valence-electron chi connectivity index (χ1n) is 15.9. The number of hydrogen-bond acceptors (Lipinski definition) is 11. The molecule has 0 aromatic heterocycles. The lowest BCUT2D eigenvalue weighted by Crippen LogP contribution is -2.19. The molecule has 0 radical (unpaired) electrons. The van der Waals surface area contributed by atoms with Crippen LogP contribution in [0.25, 0.3) is 21.5 Å². The fourth-order valence-electron chi connectivity index (χ4n) is 5.89. The minimum absolute atomic E-state index is 0.0437. The molecule has 0 atom stereocenters. The highest BCUT2D eigenvalue weighted by atomic mass is 32.2. The Balaban J connectivity index is 1.17. The van der Waals surface area contributed by atoms with Gasteiger partial charge in [0.1, 0.15) is 26.1 Å². The summed E-state index contributed by atoms with van der Waals surface area (Å²) in [6.07, 6.45) is 0. The van der Waals surface area contributed by atoms with Crippen molar-refractivity contribution in [2.24, 2.45) is 20.5 Å². The quantitative estimate of drug-likeness (QED) is 0.0684. The second-order valence-electron chi connectivity index (χ2n) is 12.3. The molecule has 6 aromatic carbocycles. The summed E-state index contributed by atoms with van der Waals surface area (Å²) < 4.78 is 103. The van der Waals surface area contributed by atoms with Gasteiger partial charge in [0.2, 0.25) is 0 Å². The Morgan fingerprint density at radius 1 is 0.473 bits per heavy atom. The molecule has 0 spiro atoms. The van der Waals surface area contributed by atoms with Crippen molar-refractivity contribution in [1.29, 1.82) is 0 Å². The van der Waals surface area contributed by atoms with Crippen molar-refractivity contribution in [2.75, 3.05) is 10.6 Å². The summed E-state index contributed by atoms with van der Waals surface area (Å²) in [4.78, 5) is 11.2.